The highest BCUT2D eigenvalue weighted by Crippen LogP contribution is 2.45. The van der Waals surface area contributed by atoms with E-state index in [1.807, 2.05) is 53.9 Å². The van der Waals surface area contributed by atoms with Crippen LogP contribution in [0, 0.1) is 9.39 Å². The molecular weight excluding hydrogens is 614 g/mol. The Morgan fingerprint density at radius 2 is 1.92 bits per heavy atom. The molecule has 0 radical (unpaired) electrons. The summed E-state index contributed by atoms with van der Waals surface area (Å²) in [5, 5.41) is 4.02. The molecule has 4 rings (SSSR count). The van der Waals surface area contributed by atoms with Crippen LogP contribution in [0.1, 0.15) is 21.3 Å². The van der Waals surface area contributed by atoms with Gasteiger partial charge >= 0.3 is 0 Å². The Morgan fingerprint density at radius 1 is 1.14 bits per heavy atom. The molecule has 10 heteroatoms. The molecule has 3 aromatic rings. The average molecular weight is 639 g/mol. The molecule has 1 heterocycles. The number of hydrogen-bond acceptors (Lipinski definition) is 7. The van der Waals surface area contributed by atoms with Crippen molar-refractivity contribution in [2.75, 3.05) is 25.2 Å². The lowest BCUT2D eigenvalue weighted by molar-refractivity contribution is -0.123. The molecule has 188 valence electrons. The van der Waals surface area contributed by atoms with Crippen LogP contribution in [0.3, 0.4) is 0 Å². The molecule has 0 bridgehead atoms. The summed E-state index contributed by atoms with van der Waals surface area (Å²) in [6.45, 7) is 0.0617. The van der Waals surface area contributed by atoms with E-state index in [0.29, 0.717) is 33.0 Å². The van der Waals surface area contributed by atoms with Crippen molar-refractivity contribution < 1.29 is 23.4 Å². The second-order valence-corrected chi connectivity index (χ2v) is 11.6. The number of halogens is 2. The first-order valence-electron chi connectivity index (χ1n) is 11.0. The molecule has 6 nitrogen and oxygen atoms in total. The molecule has 36 heavy (non-hydrogen) atoms. The number of rotatable bonds is 10. The van der Waals surface area contributed by atoms with Gasteiger partial charge < -0.3 is 14.2 Å². The first kappa shape index (κ1) is 26.6. The molecule has 1 aliphatic heterocycles. The number of hydrazone groups is 1. The number of nitrogens with one attached hydrogen (secondary N) is 1. The Hall–Kier alpha value is -2.44. The summed E-state index contributed by atoms with van der Waals surface area (Å²) >= 11 is 6.03. The predicted octanol–water partition coefficient (Wildman–Crippen LogP) is 6.03. The van der Waals surface area contributed by atoms with E-state index in [1.165, 1.54) is 35.4 Å². The van der Waals surface area contributed by atoms with Crippen LogP contribution in [0.2, 0.25) is 0 Å². The molecule has 0 atom stereocenters. The SMILES string of the molecule is COc1cc(/C=N\NC(=O)COc2ccc(C3SCCS3)cc2)cc(I)c1OCc1cccc(F)c1. The minimum atomic E-state index is -0.367. The zero-order valence-electron chi connectivity index (χ0n) is 19.4. The molecular formula is C26H24FIN2O4S2. The maximum absolute atomic E-state index is 13.4. The Labute approximate surface area is 231 Å². The zero-order valence-corrected chi connectivity index (χ0v) is 23.2. The highest BCUT2D eigenvalue weighted by Gasteiger charge is 2.18. The van der Waals surface area contributed by atoms with Gasteiger partial charge in [-0.05, 0) is 75.7 Å². The molecule has 0 unspecified atom stereocenters. The van der Waals surface area contributed by atoms with Crippen LogP contribution in [0.4, 0.5) is 4.39 Å². The van der Waals surface area contributed by atoms with Crippen LogP contribution in [-0.2, 0) is 11.4 Å². The van der Waals surface area contributed by atoms with Crippen molar-refractivity contribution in [2.24, 2.45) is 5.10 Å². The lowest BCUT2D eigenvalue weighted by Gasteiger charge is -2.13. The second kappa shape index (κ2) is 13.2. The first-order valence-corrected chi connectivity index (χ1v) is 14.2. The van der Waals surface area contributed by atoms with Crippen LogP contribution in [-0.4, -0.2) is 37.3 Å². The van der Waals surface area contributed by atoms with Gasteiger partial charge in [-0.2, -0.15) is 5.10 Å². The molecule has 0 aliphatic carbocycles. The van der Waals surface area contributed by atoms with Gasteiger partial charge in [-0.25, -0.2) is 9.82 Å². The van der Waals surface area contributed by atoms with E-state index < -0.39 is 0 Å². The highest BCUT2D eigenvalue weighted by molar-refractivity contribution is 14.1. The molecule has 3 aromatic carbocycles. The van der Waals surface area contributed by atoms with Gasteiger partial charge in [0.05, 0.1) is 21.5 Å². The number of nitrogens with zero attached hydrogens (tertiary/aromatic N) is 1. The average Bonchev–Trinajstić information content (AvgIpc) is 3.42. The summed E-state index contributed by atoms with van der Waals surface area (Å²) in [6.07, 6.45) is 1.52. The summed E-state index contributed by atoms with van der Waals surface area (Å²) in [5.74, 6) is 3.37. The third kappa shape index (κ3) is 7.53. The number of benzene rings is 3. The molecule has 1 aliphatic rings. The Bertz CT molecular complexity index is 1220. The summed E-state index contributed by atoms with van der Waals surface area (Å²) in [5.41, 5.74) is 5.16. The number of carbonyl (C=O) groups excluding carboxylic acids is 1. The van der Waals surface area contributed by atoms with Crippen LogP contribution in [0.15, 0.2) is 65.8 Å². The number of carbonyl (C=O) groups is 1. The smallest absolute Gasteiger partial charge is 0.277 e. The standard InChI is InChI=1S/C26H24FIN2O4S2/c1-32-23-13-18(12-22(28)25(23)34-15-17-3-2-4-20(27)11-17)14-29-30-24(31)16-33-21-7-5-19(6-8-21)26-35-9-10-36-26/h2-8,11-14,26H,9-10,15-16H2,1H3,(H,30,31)/b29-14-. The monoisotopic (exact) mass is 638 g/mol. The van der Waals surface area contributed by atoms with Crippen molar-refractivity contribution >= 4 is 58.2 Å². The minimum Gasteiger partial charge on any atom is -0.493 e. The van der Waals surface area contributed by atoms with E-state index >= 15 is 0 Å². The molecule has 0 spiro atoms. The first-order chi connectivity index (χ1) is 17.5. The molecule has 0 aromatic heterocycles. The van der Waals surface area contributed by atoms with E-state index in [2.05, 4.69) is 33.1 Å². The second-order valence-electron chi connectivity index (χ2n) is 7.68. The summed E-state index contributed by atoms with van der Waals surface area (Å²) < 4.78 is 31.6. The fourth-order valence-electron chi connectivity index (χ4n) is 3.37. The number of hydrogen-bond donors (Lipinski definition) is 1. The van der Waals surface area contributed by atoms with Crippen molar-refractivity contribution in [3.05, 3.63) is 86.7 Å². The fourth-order valence-corrected chi connectivity index (χ4v) is 7.01. The third-order valence-electron chi connectivity index (χ3n) is 5.07. The molecule has 0 saturated carbocycles. The van der Waals surface area contributed by atoms with E-state index in [-0.39, 0.29) is 24.9 Å². The van der Waals surface area contributed by atoms with Crippen molar-refractivity contribution in [1.82, 2.24) is 5.43 Å². The maximum Gasteiger partial charge on any atom is 0.277 e. The largest absolute Gasteiger partial charge is 0.493 e. The third-order valence-corrected chi connectivity index (χ3v) is 8.98. The summed E-state index contributed by atoms with van der Waals surface area (Å²) in [7, 11) is 1.54. The van der Waals surface area contributed by atoms with E-state index in [1.54, 1.807) is 25.3 Å². The normalized spacial score (nSPS) is 13.6. The van der Waals surface area contributed by atoms with Gasteiger partial charge in [0.25, 0.3) is 5.91 Å². The molecule has 1 fully saturated rings. The number of thioether (sulfide) groups is 2. The van der Waals surface area contributed by atoms with Crippen molar-refractivity contribution in [1.29, 1.82) is 0 Å². The van der Waals surface area contributed by atoms with E-state index in [9.17, 15) is 9.18 Å². The van der Waals surface area contributed by atoms with Gasteiger partial charge in [0.1, 0.15) is 18.2 Å². The van der Waals surface area contributed by atoms with Crippen LogP contribution in [0.25, 0.3) is 0 Å². The minimum absolute atomic E-state index is 0.142. The quantitative estimate of drug-likeness (QED) is 0.166. The van der Waals surface area contributed by atoms with Gasteiger partial charge in [-0.1, -0.05) is 24.3 Å². The topological polar surface area (TPSA) is 69.2 Å². The van der Waals surface area contributed by atoms with Gasteiger partial charge in [0.15, 0.2) is 18.1 Å². The number of ether oxygens (including phenoxy) is 3. The molecule has 1 N–H and O–H groups in total. The Balaban J connectivity index is 1.28. The van der Waals surface area contributed by atoms with Gasteiger partial charge in [-0.3, -0.25) is 4.79 Å². The zero-order chi connectivity index (χ0) is 25.3. The van der Waals surface area contributed by atoms with Gasteiger partial charge in [0, 0.05) is 11.5 Å². The molecule has 1 saturated heterocycles. The number of methoxy groups -OCH3 is 1. The predicted molar refractivity (Wildman–Crippen MR) is 152 cm³/mol. The summed E-state index contributed by atoms with van der Waals surface area (Å²) in [6, 6.07) is 17.7. The lowest BCUT2D eigenvalue weighted by Crippen LogP contribution is -2.24. The van der Waals surface area contributed by atoms with Crippen molar-refractivity contribution in [3.63, 3.8) is 0 Å². The van der Waals surface area contributed by atoms with Crippen LogP contribution >= 0.6 is 46.1 Å². The Morgan fingerprint density at radius 3 is 2.64 bits per heavy atom. The lowest BCUT2D eigenvalue weighted by atomic mass is 10.2. The van der Waals surface area contributed by atoms with E-state index in [4.69, 9.17) is 14.2 Å². The highest BCUT2D eigenvalue weighted by atomic mass is 127. The van der Waals surface area contributed by atoms with Crippen LogP contribution in [0.5, 0.6) is 17.2 Å². The van der Waals surface area contributed by atoms with Gasteiger partial charge in [0.2, 0.25) is 0 Å². The Kier molecular flexibility index (Phi) is 9.76. The van der Waals surface area contributed by atoms with Crippen molar-refractivity contribution in [3.8, 4) is 17.2 Å². The molecule has 1 amide bonds. The van der Waals surface area contributed by atoms with Crippen LogP contribution < -0.4 is 19.6 Å². The summed E-state index contributed by atoms with van der Waals surface area (Å²) in [4.78, 5) is 12.1. The fraction of sp³-hybridized carbons (Fsp3) is 0.231. The van der Waals surface area contributed by atoms with Crippen molar-refractivity contribution in [2.45, 2.75) is 11.2 Å². The van der Waals surface area contributed by atoms with E-state index in [0.717, 1.165) is 3.57 Å². The van der Waals surface area contributed by atoms with Gasteiger partial charge in [-0.15, -0.1) is 23.5 Å². The number of amides is 1. The maximum atomic E-state index is 13.4.